The van der Waals surface area contributed by atoms with Crippen molar-refractivity contribution in [1.82, 2.24) is 20.9 Å². The highest BCUT2D eigenvalue weighted by Gasteiger charge is 2.15. The third-order valence-electron chi connectivity index (χ3n) is 4.76. The second kappa shape index (κ2) is 13.4. The molecule has 0 radical (unpaired) electrons. The van der Waals surface area contributed by atoms with Crippen LogP contribution in [0.2, 0.25) is 0 Å². The molecule has 0 atom stereocenters. The maximum Gasteiger partial charge on any atom is 0.253 e. The molecule has 3 N–H and O–H groups in total. The van der Waals surface area contributed by atoms with Crippen molar-refractivity contribution in [3.05, 3.63) is 35.4 Å². The van der Waals surface area contributed by atoms with Crippen LogP contribution >= 0.6 is 24.0 Å². The summed E-state index contributed by atoms with van der Waals surface area (Å²) in [5, 5.41) is 9.34. The molecule has 7 nitrogen and oxygen atoms in total. The molecule has 0 spiro atoms. The lowest BCUT2D eigenvalue weighted by molar-refractivity contribution is -0.120. The molecule has 8 heteroatoms. The van der Waals surface area contributed by atoms with E-state index in [4.69, 9.17) is 0 Å². The SMILES string of the molecule is CCNC(=NCc1ccc(C(=O)N(C)C)cc1)NCC(=O)NC1CCCCC1.I. The van der Waals surface area contributed by atoms with Crippen LogP contribution in [0.1, 0.15) is 54.9 Å². The van der Waals surface area contributed by atoms with Crippen LogP contribution < -0.4 is 16.0 Å². The summed E-state index contributed by atoms with van der Waals surface area (Å²) in [5.74, 6) is 0.591. The van der Waals surface area contributed by atoms with Gasteiger partial charge in [-0.2, -0.15) is 0 Å². The monoisotopic (exact) mass is 515 g/mol. The number of guanidine groups is 1. The number of carbonyl (C=O) groups is 2. The van der Waals surface area contributed by atoms with Gasteiger partial charge in [-0.3, -0.25) is 9.59 Å². The average molecular weight is 515 g/mol. The molecule has 29 heavy (non-hydrogen) atoms. The Morgan fingerprint density at radius 1 is 1.07 bits per heavy atom. The fourth-order valence-electron chi connectivity index (χ4n) is 3.21. The lowest BCUT2D eigenvalue weighted by atomic mass is 9.95. The third-order valence-corrected chi connectivity index (χ3v) is 4.76. The van der Waals surface area contributed by atoms with E-state index in [-0.39, 0.29) is 42.3 Å². The molecule has 0 aliphatic heterocycles. The summed E-state index contributed by atoms with van der Waals surface area (Å²) < 4.78 is 0. The molecule has 0 heterocycles. The first-order valence-electron chi connectivity index (χ1n) is 10.1. The van der Waals surface area contributed by atoms with Crippen LogP contribution in [-0.4, -0.2) is 55.9 Å². The Morgan fingerprint density at radius 2 is 1.72 bits per heavy atom. The van der Waals surface area contributed by atoms with Gasteiger partial charge >= 0.3 is 0 Å². The molecular formula is C21H34IN5O2. The zero-order valence-electron chi connectivity index (χ0n) is 17.7. The van der Waals surface area contributed by atoms with Crippen LogP contribution in [0.5, 0.6) is 0 Å². The number of hydrogen-bond donors (Lipinski definition) is 3. The molecule has 2 amide bonds. The number of carbonyl (C=O) groups excluding carboxylic acids is 2. The normalized spacial score (nSPS) is 14.5. The Morgan fingerprint density at radius 3 is 2.31 bits per heavy atom. The number of nitrogens with one attached hydrogen (secondary N) is 3. The Kier molecular flexibility index (Phi) is 11.6. The zero-order chi connectivity index (χ0) is 20.4. The lowest BCUT2D eigenvalue weighted by Gasteiger charge is -2.23. The van der Waals surface area contributed by atoms with Gasteiger partial charge in [-0.1, -0.05) is 31.4 Å². The van der Waals surface area contributed by atoms with Crippen LogP contribution in [0.25, 0.3) is 0 Å². The first-order chi connectivity index (χ1) is 13.5. The topological polar surface area (TPSA) is 85.8 Å². The minimum absolute atomic E-state index is 0. The molecule has 162 valence electrons. The van der Waals surface area contributed by atoms with E-state index in [2.05, 4.69) is 20.9 Å². The molecule has 1 fully saturated rings. The van der Waals surface area contributed by atoms with E-state index in [1.807, 2.05) is 31.2 Å². The fraction of sp³-hybridized carbons (Fsp3) is 0.571. The molecule has 1 aromatic carbocycles. The Labute approximate surface area is 191 Å². The second-order valence-corrected chi connectivity index (χ2v) is 7.35. The van der Waals surface area contributed by atoms with E-state index in [0.717, 1.165) is 18.4 Å². The van der Waals surface area contributed by atoms with Crippen LogP contribution in [-0.2, 0) is 11.3 Å². The molecule has 1 aromatic rings. The van der Waals surface area contributed by atoms with Crippen molar-refractivity contribution < 1.29 is 9.59 Å². The van der Waals surface area contributed by atoms with Gasteiger partial charge in [0.15, 0.2) is 5.96 Å². The Bertz CT molecular complexity index is 670. The van der Waals surface area contributed by atoms with Gasteiger partial charge in [0.25, 0.3) is 5.91 Å². The molecule has 2 rings (SSSR count). The van der Waals surface area contributed by atoms with Gasteiger partial charge in [-0.15, -0.1) is 24.0 Å². The standard InChI is InChI=1S/C21H33N5O2.HI/c1-4-22-21(24-15-19(27)25-18-8-6-5-7-9-18)23-14-16-10-12-17(13-11-16)20(28)26(2)3;/h10-13,18H,4-9,14-15H2,1-3H3,(H,25,27)(H2,22,23,24);1H. The van der Waals surface area contributed by atoms with E-state index in [1.54, 1.807) is 19.0 Å². The molecule has 1 saturated carbocycles. The van der Waals surface area contributed by atoms with E-state index >= 15 is 0 Å². The predicted molar refractivity (Wildman–Crippen MR) is 128 cm³/mol. The number of rotatable bonds is 7. The van der Waals surface area contributed by atoms with Crippen molar-refractivity contribution in [2.24, 2.45) is 4.99 Å². The maximum absolute atomic E-state index is 12.2. The van der Waals surface area contributed by atoms with Crippen LogP contribution in [0.15, 0.2) is 29.3 Å². The predicted octanol–water partition coefficient (Wildman–Crippen LogP) is 2.51. The molecule has 1 aliphatic rings. The zero-order valence-corrected chi connectivity index (χ0v) is 20.0. The summed E-state index contributed by atoms with van der Waals surface area (Å²) in [6.07, 6.45) is 5.81. The number of halogens is 1. The highest BCUT2D eigenvalue weighted by atomic mass is 127. The molecule has 0 aromatic heterocycles. The van der Waals surface area contributed by atoms with E-state index in [1.165, 1.54) is 19.3 Å². The van der Waals surface area contributed by atoms with Crippen LogP contribution in [0.3, 0.4) is 0 Å². The van der Waals surface area contributed by atoms with Crippen molar-refractivity contribution in [3.63, 3.8) is 0 Å². The molecular weight excluding hydrogens is 481 g/mol. The van der Waals surface area contributed by atoms with Crippen molar-refractivity contribution >= 4 is 41.8 Å². The largest absolute Gasteiger partial charge is 0.357 e. The van der Waals surface area contributed by atoms with Gasteiger partial charge in [0.05, 0.1) is 13.1 Å². The minimum Gasteiger partial charge on any atom is -0.357 e. The summed E-state index contributed by atoms with van der Waals surface area (Å²) in [6, 6.07) is 7.74. The van der Waals surface area contributed by atoms with Gasteiger partial charge in [0, 0.05) is 32.2 Å². The van der Waals surface area contributed by atoms with E-state index in [9.17, 15) is 9.59 Å². The highest BCUT2D eigenvalue weighted by molar-refractivity contribution is 14.0. The lowest BCUT2D eigenvalue weighted by Crippen LogP contribution is -2.46. The van der Waals surface area contributed by atoms with Crippen molar-refractivity contribution in [1.29, 1.82) is 0 Å². The van der Waals surface area contributed by atoms with Gasteiger partial charge in [-0.05, 0) is 37.5 Å². The maximum atomic E-state index is 12.2. The van der Waals surface area contributed by atoms with Crippen molar-refractivity contribution in [2.75, 3.05) is 27.2 Å². The number of hydrogen-bond acceptors (Lipinski definition) is 3. The quantitative estimate of drug-likeness (QED) is 0.296. The third kappa shape index (κ3) is 9.01. The summed E-state index contributed by atoms with van der Waals surface area (Å²) >= 11 is 0. The molecule has 0 bridgehead atoms. The van der Waals surface area contributed by atoms with E-state index < -0.39 is 0 Å². The molecule has 1 aliphatic carbocycles. The first kappa shape index (κ1) is 25.2. The van der Waals surface area contributed by atoms with E-state index in [0.29, 0.717) is 30.7 Å². The van der Waals surface area contributed by atoms with Gasteiger partial charge in [-0.25, -0.2) is 4.99 Å². The highest BCUT2D eigenvalue weighted by Crippen LogP contribution is 2.17. The average Bonchev–Trinajstić information content (AvgIpc) is 2.70. The first-order valence-corrected chi connectivity index (χ1v) is 10.1. The van der Waals surface area contributed by atoms with Crippen molar-refractivity contribution in [2.45, 2.75) is 51.6 Å². The summed E-state index contributed by atoms with van der Waals surface area (Å²) in [6.45, 7) is 3.38. The Hall–Kier alpha value is -1.84. The minimum atomic E-state index is -0.0194. The fourth-order valence-corrected chi connectivity index (χ4v) is 3.21. The van der Waals surface area contributed by atoms with Gasteiger partial charge in [0.1, 0.15) is 0 Å². The molecule has 0 saturated heterocycles. The smallest absolute Gasteiger partial charge is 0.253 e. The molecule has 0 unspecified atom stereocenters. The van der Waals surface area contributed by atoms with Crippen LogP contribution in [0, 0.1) is 0 Å². The Balaban J connectivity index is 0.00000420. The summed E-state index contributed by atoms with van der Waals surface area (Å²) in [7, 11) is 3.47. The number of amides is 2. The number of nitrogens with zero attached hydrogens (tertiary/aromatic N) is 2. The summed E-state index contributed by atoms with van der Waals surface area (Å²) in [5.41, 5.74) is 1.65. The summed E-state index contributed by atoms with van der Waals surface area (Å²) in [4.78, 5) is 30.2. The number of aliphatic imine (C=N–C) groups is 1. The van der Waals surface area contributed by atoms with Crippen molar-refractivity contribution in [3.8, 4) is 0 Å². The van der Waals surface area contributed by atoms with Gasteiger partial charge < -0.3 is 20.9 Å². The number of benzene rings is 1. The van der Waals surface area contributed by atoms with Gasteiger partial charge in [0.2, 0.25) is 5.91 Å². The van der Waals surface area contributed by atoms with Crippen LogP contribution in [0.4, 0.5) is 0 Å². The second-order valence-electron chi connectivity index (χ2n) is 7.35.